The number of rotatable bonds is 6. The van der Waals surface area contributed by atoms with Crippen molar-refractivity contribution in [1.29, 1.82) is 0 Å². The molecule has 1 atom stereocenters. The van der Waals surface area contributed by atoms with Crippen molar-refractivity contribution in [2.75, 3.05) is 19.6 Å². The van der Waals surface area contributed by atoms with Crippen LogP contribution in [-0.4, -0.2) is 35.5 Å². The maximum Gasteiger partial charge on any atom is 0.227 e. The highest BCUT2D eigenvalue weighted by Gasteiger charge is 2.37. The fraction of sp³-hybridized carbons (Fsp3) is 0.714. The summed E-state index contributed by atoms with van der Waals surface area (Å²) in [6.07, 6.45) is 8.39. The van der Waals surface area contributed by atoms with Crippen LogP contribution in [0.25, 0.3) is 0 Å². The number of nitrogens with zero attached hydrogens (tertiary/aromatic N) is 1. The van der Waals surface area contributed by atoms with Crippen molar-refractivity contribution < 1.29 is 4.79 Å². The van der Waals surface area contributed by atoms with E-state index in [1.54, 1.807) is 6.20 Å². The molecule has 0 bridgehead atoms. The van der Waals surface area contributed by atoms with E-state index < -0.39 is 0 Å². The molecule has 1 fully saturated rings. The van der Waals surface area contributed by atoms with Crippen LogP contribution in [-0.2, 0) is 11.2 Å². The van der Waals surface area contributed by atoms with E-state index in [2.05, 4.69) is 27.5 Å². The number of aromatic amines is 1. The number of nitrogens with one attached hydrogen (secondary N) is 3. The second-order valence-corrected chi connectivity index (χ2v) is 5.31. The molecule has 3 N–H and O–H groups in total. The standard InChI is InChI=1S/C14H24N4O/c1-2-14(6-4-7-15-11-14)13(19)18-8-3-5-12-16-9-10-17-12/h9-10,15H,2-8,11H2,1H3,(H,16,17)(H,18,19). The third-order valence-corrected chi connectivity index (χ3v) is 4.06. The molecule has 0 aliphatic carbocycles. The van der Waals surface area contributed by atoms with Crippen LogP contribution in [0.5, 0.6) is 0 Å². The van der Waals surface area contributed by atoms with Crippen molar-refractivity contribution in [2.45, 2.75) is 39.0 Å². The molecule has 0 saturated carbocycles. The van der Waals surface area contributed by atoms with E-state index in [0.29, 0.717) is 0 Å². The fourth-order valence-corrected chi connectivity index (χ4v) is 2.70. The van der Waals surface area contributed by atoms with Crippen LogP contribution in [0.3, 0.4) is 0 Å². The third kappa shape index (κ3) is 3.56. The lowest BCUT2D eigenvalue weighted by molar-refractivity contribution is -0.132. The monoisotopic (exact) mass is 264 g/mol. The topological polar surface area (TPSA) is 69.8 Å². The van der Waals surface area contributed by atoms with Gasteiger partial charge in [0.2, 0.25) is 5.91 Å². The molecule has 1 unspecified atom stereocenters. The number of hydrogen-bond donors (Lipinski definition) is 3. The van der Waals surface area contributed by atoms with Crippen molar-refractivity contribution in [2.24, 2.45) is 5.41 Å². The molecule has 1 saturated heterocycles. The molecule has 5 heteroatoms. The van der Waals surface area contributed by atoms with E-state index in [0.717, 1.165) is 57.6 Å². The number of carbonyl (C=O) groups is 1. The summed E-state index contributed by atoms with van der Waals surface area (Å²) in [5, 5.41) is 6.43. The van der Waals surface area contributed by atoms with Gasteiger partial charge in [0.1, 0.15) is 5.82 Å². The first-order chi connectivity index (χ1) is 9.27. The Hall–Kier alpha value is -1.36. The predicted octanol–water partition coefficient (Wildman–Crippen LogP) is 1.24. The SMILES string of the molecule is CCC1(C(=O)NCCCc2ncc[nH]2)CCCNC1. The maximum absolute atomic E-state index is 12.3. The summed E-state index contributed by atoms with van der Waals surface area (Å²) in [7, 11) is 0. The first-order valence-electron chi connectivity index (χ1n) is 7.24. The van der Waals surface area contributed by atoms with Gasteiger partial charge in [-0.3, -0.25) is 4.79 Å². The highest BCUT2D eigenvalue weighted by Crippen LogP contribution is 2.30. The molecule has 1 amide bonds. The van der Waals surface area contributed by atoms with Crippen molar-refractivity contribution >= 4 is 5.91 Å². The molecule has 5 nitrogen and oxygen atoms in total. The van der Waals surface area contributed by atoms with Crippen LogP contribution < -0.4 is 10.6 Å². The van der Waals surface area contributed by atoms with Crippen LogP contribution in [0, 0.1) is 5.41 Å². The van der Waals surface area contributed by atoms with Gasteiger partial charge in [-0.25, -0.2) is 4.98 Å². The van der Waals surface area contributed by atoms with Crippen LogP contribution >= 0.6 is 0 Å². The average Bonchev–Trinajstić information content (AvgIpc) is 2.97. The zero-order chi connectivity index (χ0) is 13.6. The lowest BCUT2D eigenvalue weighted by atomic mass is 9.77. The summed E-state index contributed by atoms with van der Waals surface area (Å²) in [5.41, 5.74) is -0.192. The average molecular weight is 264 g/mol. The van der Waals surface area contributed by atoms with E-state index in [1.165, 1.54) is 0 Å². The highest BCUT2D eigenvalue weighted by atomic mass is 16.2. The Balaban J connectivity index is 1.73. The number of piperidine rings is 1. The van der Waals surface area contributed by atoms with Gasteiger partial charge in [-0.05, 0) is 32.2 Å². The number of H-pyrrole nitrogens is 1. The molecule has 106 valence electrons. The summed E-state index contributed by atoms with van der Waals surface area (Å²) in [6, 6.07) is 0. The quantitative estimate of drug-likeness (QED) is 0.677. The minimum absolute atomic E-state index is 0.192. The van der Waals surface area contributed by atoms with Gasteiger partial charge in [0.25, 0.3) is 0 Å². The van der Waals surface area contributed by atoms with Gasteiger partial charge in [-0.2, -0.15) is 0 Å². The Morgan fingerprint density at radius 1 is 1.58 bits per heavy atom. The van der Waals surface area contributed by atoms with Crippen LogP contribution in [0.2, 0.25) is 0 Å². The van der Waals surface area contributed by atoms with E-state index in [4.69, 9.17) is 0 Å². The molecule has 0 radical (unpaired) electrons. The lowest BCUT2D eigenvalue weighted by Crippen LogP contribution is -2.50. The van der Waals surface area contributed by atoms with E-state index in [-0.39, 0.29) is 11.3 Å². The van der Waals surface area contributed by atoms with Gasteiger partial charge >= 0.3 is 0 Å². The largest absolute Gasteiger partial charge is 0.356 e. The van der Waals surface area contributed by atoms with Crippen LogP contribution in [0.15, 0.2) is 12.4 Å². The Morgan fingerprint density at radius 2 is 2.47 bits per heavy atom. The van der Waals surface area contributed by atoms with Gasteiger partial charge in [0.15, 0.2) is 0 Å². The first-order valence-corrected chi connectivity index (χ1v) is 7.24. The lowest BCUT2D eigenvalue weighted by Gasteiger charge is -2.35. The minimum atomic E-state index is -0.192. The normalized spacial score (nSPS) is 23.2. The number of carbonyl (C=O) groups excluding carboxylic acids is 1. The molecule has 2 rings (SSSR count). The fourth-order valence-electron chi connectivity index (χ4n) is 2.70. The summed E-state index contributed by atoms with van der Waals surface area (Å²) < 4.78 is 0. The Bertz CT molecular complexity index is 382. The van der Waals surface area contributed by atoms with Crippen molar-refractivity contribution in [3.05, 3.63) is 18.2 Å². The number of aromatic nitrogens is 2. The van der Waals surface area contributed by atoms with E-state index >= 15 is 0 Å². The third-order valence-electron chi connectivity index (χ3n) is 4.06. The number of aryl methyl sites for hydroxylation is 1. The molecular formula is C14H24N4O. The zero-order valence-electron chi connectivity index (χ0n) is 11.7. The van der Waals surface area contributed by atoms with Crippen LogP contribution in [0.4, 0.5) is 0 Å². The molecule has 19 heavy (non-hydrogen) atoms. The summed E-state index contributed by atoms with van der Waals surface area (Å²) in [5.74, 6) is 1.19. The molecule has 1 aromatic rings. The molecule has 1 aliphatic rings. The zero-order valence-corrected chi connectivity index (χ0v) is 11.7. The second kappa shape index (κ2) is 6.70. The Labute approximate surface area is 114 Å². The molecule has 1 aromatic heterocycles. The van der Waals surface area contributed by atoms with Gasteiger partial charge < -0.3 is 15.6 Å². The number of imidazole rings is 1. The summed E-state index contributed by atoms with van der Waals surface area (Å²) >= 11 is 0. The molecular weight excluding hydrogens is 240 g/mol. The second-order valence-electron chi connectivity index (χ2n) is 5.31. The van der Waals surface area contributed by atoms with Crippen LogP contribution in [0.1, 0.15) is 38.4 Å². The predicted molar refractivity (Wildman–Crippen MR) is 74.7 cm³/mol. The van der Waals surface area contributed by atoms with Crippen molar-refractivity contribution in [3.63, 3.8) is 0 Å². The summed E-state index contributed by atoms with van der Waals surface area (Å²) in [4.78, 5) is 19.6. The first kappa shape index (κ1) is 14.1. The molecule has 0 spiro atoms. The van der Waals surface area contributed by atoms with Gasteiger partial charge in [0, 0.05) is 31.9 Å². The van der Waals surface area contributed by atoms with Crippen molar-refractivity contribution in [1.82, 2.24) is 20.6 Å². The van der Waals surface area contributed by atoms with E-state index in [9.17, 15) is 4.79 Å². The molecule has 0 aromatic carbocycles. The number of amides is 1. The Morgan fingerprint density at radius 3 is 3.11 bits per heavy atom. The Kier molecular flexibility index (Phi) is 4.96. The summed E-state index contributed by atoms with van der Waals surface area (Å²) in [6.45, 7) is 4.68. The smallest absolute Gasteiger partial charge is 0.227 e. The van der Waals surface area contributed by atoms with Crippen molar-refractivity contribution in [3.8, 4) is 0 Å². The molecule has 2 heterocycles. The highest BCUT2D eigenvalue weighted by molar-refractivity contribution is 5.82. The minimum Gasteiger partial charge on any atom is -0.356 e. The molecule has 1 aliphatic heterocycles. The van der Waals surface area contributed by atoms with Gasteiger partial charge in [-0.1, -0.05) is 6.92 Å². The van der Waals surface area contributed by atoms with Gasteiger partial charge in [-0.15, -0.1) is 0 Å². The maximum atomic E-state index is 12.3. The van der Waals surface area contributed by atoms with E-state index in [1.807, 2.05) is 6.20 Å². The number of hydrogen-bond acceptors (Lipinski definition) is 3. The van der Waals surface area contributed by atoms with Gasteiger partial charge in [0.05, 0.1) is 5.41 Å².